The number of aliphatic imine (C=N–C) groups is 1. The van der Waals surface area contributed by atoms with Crippen LogP contribution in [0.4, 0.5) is 5.69 Å². The van der Waals surface area contributed by atoms with Crippen LogP contribution in [0.3, 0.4) is 0 Å². The molecule has 35 heavy (non-hydrogen) atoms. The summed E-state index contributed by atoms with van der Waals surface area (Å²) in [4.78, 5) is 32.9. The number of hydrogen-bond donors (Lipinski definition) is 0. The predicted octanol–water partition coefficient (Wildman–Crippen LogP) is 4.43. The van der Waals surface area contributed by atoms with Crippen molar-refractivity contribution in [3.63, 3.8) is 0 Å². The second-order valence-corrected chi connectivity index (χ2v) is 9.19. The summed E-state index contributed by atoms with van der Waals surface area (Å²) in [6.45, 7) is 3.63. The van der Waals surface area contributed by atoms with Gasteiger partial charge in [-0.05, 0) is 35.9 Å². The molecule has 0 N–H and O–H groups in total. The van der Waals surface area contributed by atoms with Gasteiger partial charge in [-0.15, -0.1) is 0 Å². The molecule has 0 unspecified atom stereocenters. The zero-order chi connectivity index (χ0) is 24.5. The molecular weight excluding hydrogens is 490 g/mol. The standard InChI is InChI=1S/C25H22ClN3O5S/c1-15(30)34-22-11-16(3-5-21(22)32-2)4-6-23(31)28-9-10-33-24-18(12-17(26)13-19(24)28)20-14-35-25-27-7-8-29(20)25/h3-6,11-14H,7-10H2,1-2H3. The summed E-state index contributed by atoms with van der Waals surface area (Å²) >= 11 is 8.06. The Kier molecular flexibility index (Phi) is 6.44. The highest BCUT2D eigenvalue weighted by molar-refractivity contribution is 8.16. The second kappa shape index (κ2) is 9.67. The Bertz CT molecular complexity index is 1310. The van der Waals surface area contributed by atoms with E-state index in [0.29, 0.717) is 40.9 Å². The average Bonchev–Trinajstić information content (AvgIpc) is 3.46. The van der Waals surface area contributed by atoms with Crippen molar-refractivity contribution in [3.8, 4) is 17.2 Å². The predicted molar refractivity (Wildman–Crippen MR) is 137 cm³/mol. The number of rotatable bonds is 5. The zero-order valence-corrected chi connectivity index (χ0v) is 20.7. The molecule has 0 bridgehead atoms. The van der Waals surface area contributed by atoms with Crippen LogP contribution >= 0.6 is 23.4 Å². The van der Waals surface area contributed by atoms with Crippen LogP contribution in [-0.4, -0.2) is 55.3 Å². The molecule has 1 amide bonds. The van der Waals surface area contributed by atoms with Crippen molar-refractivity contribution < 1.29 is 23.8 Å². The number of methoxy groups -OCH3 is 1. The van der Waals surface area contributed by atoms with Gasteiger partial charge in [-0.1, -0.05) is 29.4 Å². The van der Waals surface area contributed by atoms with Crippen molar-refractivity contribution in [3.05, 3.63) is 58.0 Å². The van der Waals surface area contributed by atoms with E-state index >= 15 is 0 Å². The average molecular weight is 512 g/mol. The minimum atomic E-state index is -0.457. The fraction of sp³-hybridized carbons (Fsp3) is 0.240. The molecule has 0 saturated heterocycles. The quantitative estimate of drug-likeness (QED) is 0.334. The smallest absolute Gasteiger partial charge is 0.308 e. The molecular formula is C25H22ClN3O5S. The van der Waals surface area contributed by atoms with E-state index < -0.39 is 5.97 Å². The Morgan fingerprint density at radius 3 is 2.86 bits per heavy atom. The maximum absolute atomic E-state index is 13.2. The molecule has 3 aliphatic heterocycles. The molecule has 0 atom stereocenters. The van der Waals surface area contributed by atoms with E-state index in [0.717, 1.165) is 29.5 Å². The molecule has 180 valence electrons. The summed E-state index contributed by atoms with van der Waals surface area (Å²) in [6, 6.07) is 8.72. The van der Waals surface area contributed by atoms with Crippen LogP contribution in [0.1, 0.15) is 18.1 Å². The van der Waals surface area contributed by atoms with Crippen molar-refractivity contribution in [1.29, 1.82) is 0 Å². The first-order valence-electron chi connectivity index (χ1n) is 11.0. The van der Waals surface area contributed by atoms with Gasteiger partial charge in [-0.3, -0.25) is 14.6 Å². The van der Waals surface area contributed by atoms with Crippen molar-refractivity contribution in [2.45, 2.75) is 6.92 Å². The molecule has 2 aromatic carbocycles. The number of hydrogen-bond acceptors (Lipinski definition) is 8. The Morgan fingerprint density at radius 2 is 2.06 bits per heavy atom. The number of ether oxygens (including phenoxy) is 3. The normalized spacial score (nSPS) is 16.4. The molecule has 0 fully saturated rings. The zero-order valence-electron chi connectivity index (χ0n) is 19.1. The summed E-state index contributed by atoms with van der Waals surface area (Å²) in [6.07, 6.45) is 3.14. The van der Waals surface area contributed by atoms with E-state index in [4.69, 9.17) is 25.8 Å². The molecule has 0 radical (unpaired) electrons. The monoisotopic (exact) mass is 511 g/mol. The number of benzene rings is 2. The van der Waals surface area contributed by atoms with Crippen LogP contribution in [0.2, 0.25) is 5.02 Å². The van der Waals surface area contributed by atoms with Crippen molar-refractivity contribution in [1.82, 2.24) is 4.90 Å². The number of fused-ring (bicyclic) bond motifs is 2. The summed E-state index contributed by atoms with van der Waals surface area (Å²) < 4.78 is 16.5. The van der Waals surface area contributed by atoms with Crippen LogP contribution in [0.25, 0.3) is 11.8 Å². The van der Waals surface area contributed by atoms with E-state index in [1.165, 1.54) is 20.1 Å². The first-order chi connectivity index (χ1) is 16.9. The third-order valence-corrected chi connectivity index (χ3v) is 6.78. The van der Waals surface area contributed by atoms with Gasteiger partial charge in [-0.2, -0.15) is 0 Å². The van der Waals surface area contributed by atoms with E-state index in [1.807, 2.05) is 11.5 Å². The van der Waals surface area contributed by atoms with Gasteiger partial charge < -0.3 is 24.0 Å². The Morgan fingerprint density at radius 1 is 1.20 bits per heavy atom. The van der Waals surface area contributed by atoms with Gasteiger partial charge in [0, 0.05) is 35.5 Å². The lowest BCUT2D eigenvalue weighted by molar-refractivity contribution is -0.132. The summed E-state index contributed by atoms with van der Waals surface area (Å²) in [5, 5.41) is 3.52. The van der Waals surface area contributed by atoms with Gasteiger partial charge in [0.25, 0.3) is 5.91 Å². The maximum Gasteiger partial charge on any atom is 0.308 e. The first kappa shape index (κ1) is 23.3. The number of amides is 1. The lowest BCUT2D eigenvalue weighted by Crippen LogP contribution is -2.37. The molecule has 0 spiro atoms. The number of carbonyl (C=O) groups is 2. The third kappa shape index (κ3) is 4.61. The number of anilines is 1. The lowest BCUT2D eigenvalue weighted by atomic mass is 10.1. The summed E-state index contributed by atoms with van der Waals surface area (Å²) in [7, 11) is 1.49. The Balaban J connectivity index is 1.42. The highest BCUT2D eigenvalue weighted by Crippen LogP contribution is 2.45. The number of amidine groups is 1. The van der Waals surface area contributed by atoms with Crippen LogP contribution in [0.5, 0.6) is 17.2 Å². The third-order valence-electron chi connectivity index (χ3n) is 5.66. The maximum atomic E-state index is 13.2. The number of halogens is 1. The second-order valence-electron chi connectivity index (χ2n) is 7.91. The Hall–Kier alpha value is -3.43. The van der Waals surface area contributed by atoms with Crippen LogP contribution in [0.15, 0.2) is 46.8 Å². The molecule has 0 aliphatic carbocycles. The fourth-order valence-electron chi connectivity index (χ4n) is 4.13. The first-order valence-corrected chi connectivity index (χ1v) is 12.2. The lowest BCUT2D eigenvalue weighted by Gasteiger charge is -2.31. The highest BCUT2D eigenvalue weighted by atomic mass is 35.5. The van der Waals surface area contributed by atoms with Crippen molar-refractivity contribution in [2.24, 2.45) is 4.99 Å². The summed E-state index contributed by atoms with van der Waals surface area (Å²) in [5.74, 6) is 0.671. The molecule has 8 nitrogen and oxygen atoms in total. The highest BCUT2D eigenvalue weighted by Gasteiger charge is 2.32. The summed E-state index contributed by atoms with van der Waals surface area (Å²) in [5.41, 5.74) is 3.13. The van der Waals surface area contributed by atoms with Gasteiger partial charge in [-0.25, -0.2) is 0 Å². The fourth-order valence-corrected chi connectivity index (χ4v) is 5.30. The molecule has 2 aromatic rings. The largest absolute Gasteiger partial charge is 0.493 e. The van der Waals surface area contributed by atoms with E-state index in [2.05, 4.69) is 9.89 Å². The van der Waals surface area contributed by atoms with Gasteiger partial charge in [0.15, 0.2) is 22.4 Å². The molecule has 3 aliphatic rings. The van der Waals surface area contributed by atoms with Crippen molar-refractivity contribution >= 4 is 57.9 Å². The van der Waals surface area contributed by atoms with Gasteiger partial charge in [0.05, 0.1) is 31.6 Å². The number of esters is 1. The molecule has 0 saturated carbocycles. The van der Waals surface area contributed by atoms with Crippen LogP contribution < -0.4 is 19.1 Å². The van der Waals surface area contributed by atoms with Crippen LogP contribution in [0, 0.1) is 0 Å². The number of nitrogens with zero attached hydrogens (tertiary/aromatic N) is 3. The topological polar surface area (TPSA) is 80.7 Å². The number of carbonyl (C=O) groups excluding carboxylic acids is 2. The molecule has 10 heteroatoms. The minimum absolute atomic E-state index is 0.217. The van der Waals surface area contributed by atoms with Crippen molar-refractivity contribution in [2.75, 3.05) is 38.3 Å². The molecule has 3 heterocycles. The molecule has 0 aromatic heterocycles. The Labute approximate surface area is 211 Å². The number of thioether (sulfide) groups is 1. The van der Waals surface area contributed by atoms with E-state index in [1.54, 1.807) is 47.0 Å². The SMILES string of the molecule is COc1ccc(C=CC(=O)N2CCOc3c(C4=CSC5=NCCN45)cc(Cl)cc32)cc1OC(C)=O. The van der Waals surface area contributed by atoms with E-state index in [-0.39, 0.29) is 11.7 Å². The minimum Gasteiger partial charge on any atom is -0.493 e. The van der Waals surface area contributed by atoms with Gasteiger partial charge >= 0.3 is 5.97 Å². The van der Waals surface area contributed by atoms with Gasteiger partial charge in [0.1, 0.15) is 6.61 Å². The van der Waals surface area contributed by atoms with E-state index in [9.17, 15) is 9.59 Å². The van der Waals surface area contributed by atoms with Gasteiger partial charge in [0.2, 0.25) is 0 Å². The van der Waals surface area contributed by atoms with Crippen LogP contribution in [-0.2, 0) is 9.59 Å². The molecule has 5 rings (SSSR count).